The van der Waals surface area contributed by atoms with Crippen molar-refractivity contribution in [2.24, 2.45) is 5.41 Å². The maximum Gasteiger partial charge on any atom is 0.303 e. The molecule has 2 nitrogen and oxygen atoms in total. The average molecular weight is 278 g/mol. The summed E-state index contributed by atoms with van der Waals surface area (Å²) >= 11 is 0. The number of hydrogen-bond acceptors (Lipinski definition) is 1. The highest BCUT2D eigenvalue weighted by Crippen LogP contribution is 2.42. The zero-order valence-electron chi connectivity index (χ0n) is 10.5. The van der Waals surface area contributed by atoms with Crippen LogP contribution >= 0.6 is 0 Å². The van der Waals surface area contributed by atoms with Crippen LogP contribution in [0.4, 0.5) is 17.6 Å². The molecule has 1 N–H and O–H groups in total. The summed E-state index contributed by atoms with van der Waals surface area (Å²) in [5.74, 6) is -7.03. The number of halogens is 4. The van der Waals surface area contributed by atoms with Crippen molar-refractivity contribution in [3.8, 4) is 0 Å². The number of rotatable bonds is 5. The lowest BCUT2D eigenvalue weighted by Gasteiger charge is -2.28. The lowest BCUT2D eigenvalue weighted by Crippen LogP contribution is -2.27. The van der Waals surface area contributed by atoms with E-state index in [2.05, 4.69) is 0 Å². The van der Waals surface area contributed by atoms with Crippen molar-refractivity contribution < 1.29 is 27.5 Å². The maximum absolute atomic E-state index is 13.9. The zero-order chi connectivity index (χ0) is 14.8. The molecular formula is C13H14F4O2. The number of carboxylic acid groups (broad SMARTS) is 1. The maximum atomic E-state index is 13.9. The second kappa shape index (κ2) is 5.19. The van der Waals surface area contributed by atoms with Crippen LogP contribution in [0.3, 0.4) is 0 Å². The predicted molar refractivity (Wildman–Crippen MR) is 60.9 cm³/mol. The third-order valence-electron chi connectivity index (χ3n) is 2.65. The van der Waals surface area contributed by atoms with E-state index in [9.17, 15) is 22.4 Å². The topological polar surface area (TPSA) is 37.3 Å². The van der Waals surface area contributed by atoms with Crippen molar-refractivity contribution in [2.45, 2.75) is 32.6 Å². The van der Waals surface area contributed by atoms with E-state index < -0.39 is 47.3 Å². The van der Waals surface area contributed by atoms with Crippen molar-refractivity contribution >= 4 is 5.97 Å². The predicted octanol–water partition coefficient (Wildman–Crippen LogP) is 3.95. The highest BCUT2D eigenvalue weighted by molar-refractivity contribution is 5.67. The van der Waals surface area contributed by atoms with E-state index in [1.807, 2.05) is 0 Å². The minimum atomic E-state index is -3.63. The average Bonchev–Trinajstić information content (AvgIpc) is 2.17. The molecule has 0 atom stereocenters. The molecule has 0 bridgehead atoms. The van der Waals surface area contributed by atoms with Gasteiger partial charge in [0.1, 0.15) is 11.6 Å². The molecule has 1 aromatic rings. The van der Waals surface area contributed by atoms with Crippen LogP contribution in [0.15, 0.2) is 18.2 Å². The minimum absolute atomic E-state index is 0.437. The Balaban J connectivity index is 3.03. The van der Waals surface area contributed by atoms with Gasteiger partial charge in [0.05, 0.1) is 12.0 Å². The Morgan fingerprint density at radius 1 is 1.26 bits per heavy atom. The van der Waals surface area contributed by atoms with Crippen molar-refractivity contribution in [1.82, 2.24) is 0 Å². The molecule has 0 fully saturated rings. The first-order valence-electron chi connectivity index (χ1n) is 5.59. The summed E-state index contributed by atoms with van der Waals surface area (Å²) in [6.45, 7) is 2.68. The van der Waals surface area contributed by atoms with E-state index in [1.165, 1.54) is 13.8 Å². The highest BCUT2D eigenvalue weighted by Gasteiger charge is 2.41. The molecule has 0 radical (unpaired) electrons. The summed E-state index contributed by atoms with van der Waals surface area (Å²) in [4.78, 5) is 10.6. The van der Waals surface area contributed by atoms with Gasteiger partial charge in [-0.25, -0.2) is 17.6 Å². The van der Waals surface area contributed by atoms with E-state index in [4.69, 9.17) is 5.11 Å². The molecule has 0 unspecified atom stereocenters. The van der Waals surface area contributed by atoms with Crippen LogP contribution in [0, 0.1) is 17.0 Å². The molecular weight excluding hydrogens is 264 g/mol. The van der Waals surface area contributed by atoms with Gasteiger partial charge < -0.3 is 5.11 Å². The minimum Gasteiger partial charge on any atom is -0.481 e. The SMILES string of the molecule is CC(C)(CC(=O)O)CC(F)(F)c1cc(F)ccc1F. The Kier molecular flexibility index (Phi) is 4.22. The number of alkyl halides is 2. The first-order chi connectivity index (χ1) is 8.53. The van der Waals surface area contributed by atoms with E-state index in [-0.39, 0.29) is 0 Å². The second-order valence-electron chi connectivity index (χ2n) is 5.24. The Labute approximate surface area is 108 Å². The molecule has 0 saturated heterocycles. The lowest BCUT2D eigenvalue weighted by molar-refractivity contribution is -0.140. The molecule has 1 rings (SSSR count). The molecule has 106 valence electrons. The number of carbonyl (C=O) groups is 1. The van der Waals surface area contributed by atoms with E-state index in [0.29, 0.717) is 12.1 Å². The Hall–Kier alpha value is -1.59. The molecule has 0 heterocycles. The summed E-state index contributed by atoms with van der Waals surface area (Å²) in [7, 11) is 0. The Morgan fingerprint density at radius 3 is 2.37 bits per heavy atom. The summed E-state index contributed by atoms with van der Waals surface area (Å²) in [6, 6.07) is 1.81. The first kappa shape index (κ1) is 15.5. The summed E-state index contributed by atoms with van der Waals surface area (Å²) in [6.07, 6.45) is -1.37. The number of benzene rings is 1. The third-order valence-corrected chi connectivity index (χ3v) is 2.65. The standard InChI is InChI=1S/C13H14F4O2/c1-12(2,6-11(18)19)7-13(16,17)9-5-8(14)3-4-10(9)15/h3-5H,6-7H2,1-2H3,(H,18,19). The number of carboxylic acids is 1. The molecule has 19 heavy (non-hydrogen) atoms. The quantitative estimate of drug-likeness (QED) is 0.828. The Morgan fingerprint density at radius 2 is 1.84 bits per heavy atom. The van der Waals surface area contributed by atoms with E-state index in [0.717, 1.165) is 6.07 Å². The fourth-order valence-corrected chi connectivity index (χ4v) is 1.95. The van der Waals surface area contributed by atoms with Gasteiger partial charge >= 0.3 is 5.97 Å². The van der Waals surface area contributed by atoms with E-state index in [1.54, 1.807) is 0 Å². The number of aliphatic carboxylic acids is 1. The highest BCUT2D eigenvalue weighted by atomic mass is 19.3. The van der Waals surface area contributed by atoms with Gasteiger partial charge in [-0.15, -0.1) is 0 Å². The van der Waals surface area contributed by atoms with Crippen molar-refractivity contribution in [2.75, 3.05) is 0 Å². The van der Waals surface area contributed by atoms with Crippen molar-refractivity contribution in [3.05, 3.63) is 35.4 Å². The summed E-state index contributed by atoms with van der Waals surface area (Å²) in [5.41, 5.74) is -2.29. The normalized spacial score (nSPS) is 12.5. The summed E-state index contributed by atoms with van der Waals surface area (Å²) in [5, 5.41) is 8.64. The van der Waals surface area contributed by atoms with Gasteiger partial charge in [-0.05, 0) is 23.6 Å². The van der Waals surface area contributed by atoms with E-state index >= 15 is 0 Å². The van der Waals surface area contributed by atoms with Crippen LogP contribution in [0.2, 0.25) is 0 Å². The van der Waals surface area contributed by atoms with Crippen LogP contribution in [-0.4, -0.2) is 11.1 Å². The first-order valence-corrected chi connectivity index (χ1v) is 5.59. The van der Waals surface area contributed by atoms with Gasteiger partial charge in [0.2, 0.25) is 0 Å². The van der Waals surface area contributed by atoms with Gasteiger partial charge in [-0.1, -0.05) is 13.8 Å². The van der Waals surface area contributed by atoms with Gasteiger partial charge in [0, 0.05) is 6.42 Å². The zero-order valence-corrected chi connectivity index (χ0v) is 10.5. The third kappa shape index (κ3) is 4.22. The van der Waals surface area contributed by atoms with Crippen LogP contribution in [-0.2, 0) is 10.7 Å². The smallest absolute Gasteiger partial charge is 0.303 e. The molecule has 0 aliphatic heterocycles. The van der Waals surface area contributed by atoms with Crippen molar-refractivity contribution in [3.63, 3.8) is 0 Å². The molecule has 0 aromatic heterocycles. The monoisotopic (exact) mass is 278 g/mol. The van der Waals surface area contributed by atoms with Gasteiger partial charge in [-0.3, -0.25) is 4.79 Å². The molecule has 6 heteroatoms. The fraction of sp³-hybridized carbons (Fsp3) is 0.462. The molecule has 0 aliphatic rings. The summed E-state index contributed by atoms with van der Waals surface area (Å²) < 4.78 is 54.2. The largest absolute Gasteiger partial charge is 0.481 e. The molecule has 0 aliphatic carbocycles. The molecule has 1 aromatic carbocycles. The van der Waals surface area contributed by atoms with Crippen LogP contribution in [0.1, 0.15) is 32.3 Å². The molecule has 0 saturated carbocycles. The molecule has 0 amide bonds. The number of hydrogen-bond donors (Lipinski definition) is 1. The molecule has 0 spiro atoms. The van der Waals surface area contributed by atoms with Crippen LogP contribution < -0.4 is 0 Å². The Bertz CT molecular complexity index is 484. The fourth-order valence-electron chi connectivity index (χ4n) is 1.95. The van der Waals surface area contributed by atoms with Crippen molar-refractivity contribution in [1.29, 1.82) is 0 Å². The lowest BCUT2D eigenvalue weighted by atomic mass is 9.81. The van der Waals surface area contributed by atoms with Gasteiger partial charge in [0.25, 0.3) is 5.92 Å². The van der Waals surface area contributed by atoms with Gasteiger partial charge in [-0.2, -0.15) is 0 Å². The van der Waals surface area contributed by atoms with Crippen LogP contribution in [0.5, 0.6) is 0 Å². The van der Waals surface area contributed by atoms with Crippen LogP contribution in [0.25, 0.3) is 0 Å². The second-order valence-corrected chi connectivity index (χ2v) is 5.24. The van der Waals surface area contributed by atoms with Gasteiger partial charge in [0.15, 0.2) is 0 Å².